The molecule has 0 radical (unpaired) electrons. The van der Waals surface area contributed by atoms with E-state index in [4.69, 9.17) is 0 Å². The topological polar surface area (TPSA) is 15.0 Å². The second-order valence-corrected chi connectivity index (χ2v) is 5.65. The molecular formula is C11H18N2. The standard InChI is InChI=1S/C11H18N2/c1-6-2-8-5-13(8)11-10(6)9-3-7(9)4-12-11/h6-12H,2-5H2,1H3/t6-,7?,8-,9+,10?,11?,13?/m0/s1. The third-order valence-corrected chi connectivity index (χ3v) is 4.84. The van der Waals surface area contributed by atoms with Gasteiger partial charge in [-0.05, 0) is 43.1 Å². The van der Waals surface area contributed by atoms with Gasteiger partial charge in [-0.3, -0.25) is 4.90 Å². The van der Waals surface area contributed by atoms with E-state index in [-0.39, 0.29) is 0 Å². The lowest BCUT2D eigenvalue weighted by molar-refractivity contribution is 0.0749. The van der Waals surface area contributed by atoms with E-state index in [0.717, 1.165) is 35.9 Å². The van der Waals surface area contributed by atoms with E-state index in [9.17, 15) is 0 Å². The van der Waals surface area contributed by atoms with Crippen molar-refractivity contribution in [2.45, 2.75) is 32.0 Å². The van der Waals surface area contributed by atoms with Gasteiger partial charge in [0.25, 0.3) is 0 Å². The van der Waals surface area contributed by atoms with Gasteiger partial charge in [-0.1, -0.05) is 6.92 Å². The minimum absolute atomic E-state index is 0.775. The van der Waals surface area contributed by atoms with Gasteiger partial charge in [-0.25, -0.2) is 0 Å². The number of piperidine rings is 2. The maximum atomic E-state index is 3.76. The summed E-state index contributed by atoms with van der Waals surface area (Å²) in [5, 5.41) is 3.76. The van der Waals surface area contributed by atoms with Crippen LogP contribution in [0.4, 0.5) is 0 Å². The highest BCUT2D eigenvalue weighted by molar-refractivity contribution is 5.11. The molecule has 3 saturated heterocycles. The van der Waals surface area contributed by atoms with Crippen molar-refractivity contribution in [2.75, 3.05) is 13.1 Å². The molecule has 3 aliphatic heterocycles. The molecule has 1 N–H and O–H groups in total. The van der Waals surface area contributed by atoms with E-state index in [1.165, 1.54) is 25.9 Å². The van der Waals surface area contributed by atoms with Gasteiger partial charge in [0.05, 0.1) is 6.17 Å². The Hall–Kier alpha value is -0.0800. The number of hydrogen-bond donors (Lipinski definition) is 1. The van der Waals surface area contributed by atoms with E-state index < -0.39 is 0 Å². The zero-order valence-electron chi connectivity index (χ0n) is 8.24. The van der Waals surface area contributed by atoms with Gasteiger partial charge >= 0.3 is 0 Å². The van der Waals surface area contributed by atoms with Crippen LogP contribution < -0.4 is 5.32 Å². The monoisotopic (exact) mass is 178 g/mol. The highest BCUT2D eigenvalue weighted by atomic mass is 15.4. The van der Waals surface area contributed by atoms with E-state index >= 15 is 0 Å². The molecule has 13 heavy (non-hydrogen) atoms. The Labute approximate surface area is 79.7 Å². The van der Waals surface area contributed by atoms with Crippen LogP contribution in [0.3, 0.4) is 0 Å². The first kappa shape index (κ1) is 7.24. The minimum Gasteiger partial charge on any atom is -0.301 e. The normalized spacial score (nSPS) is 67.6. The lowest BCUT2D eigenvalue weighted by Gasteiger charge is -2.41. The second-order valence-electron chi connectivity index (χ2n) is 5.65. The lowest BCUT2D eigenvalue weighted by Crippen LogP contribution is -2.53. The molecule has 4 fully saturated rings. The van der Waals surface area contributed by atoms with Crippen molar-refractivity contribution in [2.24, 2.45) is 23.7 Å². The van der Waals surface area contributed by atoms with Gasteiger partial charge < -0.3 is 5.32 Å². The fraction of sp³-hybridized carbons (Fsp3) is 1.00. The lowest BCUT2D eigenvalue weighted by atomic mass is 9.79. The largest absolute Gasteiger partial charge is 0.301 e. The molecule has 72 valence electrons. The van der Waals surface area contributed by atoms with Crippen LogP contribution in [0.1, 0.15) is 19.8 Å². The third kappa shape index (κ3) is 0.861. The smallest absolute Gasteiger partial charge is 0.0635 e. The molecule has 0 spiro atoms. The summed E-state index contributed by atoms with van der Waals surface area (Å²) in [6, 6.07) is 0.957. The van der Waals surface area contributed by atoms with Crippen LogP contribution in [0, 0.1) is 23.7 Å². The van der Waals surface area contributed by atoms with E-state index in [0.29, 0.717) is 0 Å². The molecule has 1 aliphatic carbocycles. The Balaban J connectivity index is 1.66. The Morgan fingerprint density at radius 3 is 3.15 bits per heavy atom. The highest BCUT2D eigenvalue weighted by Crippen LogP contribution is 2.55. The Morgan fingerprint density at radius 2 is 2.23 bits per heavy atom. The van der Waals surface area contributed by atoms with Gasteiger partial charge in [0.1, 0.15) is 0 Å². The number of fused-ring (bicyclic) bond motifs is 5. The van der Waals surface area contributed by atoms with E-state index in [1.54, 1.807) is 0 Å². The Morgan fingerprint density at radius 1 is 1.31 bits per heavy atom. The van der Waals surface area contributed by atoms with Crippen LogP contribution in [0.25, 0.3) is 0 Å². The van der Waals surface area contributed by atoms with Crippen LogP contribution in [-0.2, 0) is 0 Å². The van der Waals surface area contributed by atoms with Gasteiger partial charge in [0.15, 0.2) is 0 Å². The fourth-order valence-corrected chi connectivity index (χ4v) is 4.02. The molecule has 4 rings (SSSR count). The second kappa shape index (κ2) is 2.12. The minimum atomic E-state index is 0.775. The van der Waals surface area contributed by atoms with Gasteiger partial charge in [-0.15, -0.1) is 0 Å². The first-order valence-electron chi connectivity index (χ1n) is 5.84. The quantitative estimate of drug-likeness (QED) is 0.554. The molecule has 4 unspecified atom stereocenters. The van der Waals surface area contributed by atoms with Crippen LogP contribution in [0.5, 0.6) is 0 Å². The Kier molecular flexibility index (Phi) is 1.18. The molecule has 0 amide bonds. The van der Waals surface area contributed by atoms with Crippen LogP contribution in [0.2, 0.25) is 0 Å². The first-order chi connectivity index (χ1) is 6.34. The molecule has 1 saturated carbocycles. The summed E-state index contributed by atoms with van der Waals surface area (Å²) >= 11 is 0. The highest BCUT2D eigenvalue weighted by Gasteiger charge is 2.59. The van der Waals surface area contributed by atoms with Crippen molar-refractivity contribution >= 4 is 0 Å². The van der Waals surface area contributed by atoms with Crippen molar-refractivity contribution < 1.29 is 0 Å². The molecule has 0 aromatic heterocycles. The van der Waals surface area contributed by atoms with Crippen LogP contribution >= 0.6 is 0 Å². The maximum absolute atomic E-state index is 3.76. The summed E-state index contributed by atoms with van der Waals surface area (Å²) < 4.78 is 0. The summed E-state index contributed by atoms with van der Waals surface area (Å²) in [5.41, 5.74) is 0. The van der Waals surface area contributed by atoms with Crippen molar-refractivity contribution in [1.82, 2.24) is 10.2 Å². The average molecular weight is 178 g/mol. The molecule has 0 bridgehead atoms. The number of rotatable bonds is 0. The van der Waals surface area contributed by atoms with Crippen molar-refractivity contribution in [1.29, 1.82) is 0 Å². The molecule has 0 aromatic rings. The van der Waals surface area contributed by atoms with E-state index in [1.807, 2.05) is 0 Å². The zero-order chi connectivity index (χ0) is 8.58. The van der Waals surface area contributed by atoms with Crippen molar-refractivity contribution in [3.63, 3.8) is 0 Å². The SMILES string of the molecule is C[C@H]1C[C@H]2CN2C2NCC3C[C@H]3C21. The average Bonchev–Trinajstić information content (AvgIpc) is 2.95. The summed E-state index contributed by atoms with van der Waals surface area (Å²) in [6.07, 6.45) is 3.78. The molecular weight excluding hydrogens is 160 g/mol. The molecule has 7 atom stereocenters. The van der Waals surface area contributed by atoms with Crippen molar-refractivity contribution in [3.8, 4) is 0 Å². The first-order valence-corrected chi connectivity index (χ1v) is 5.84. The molecule has 3 heterocycles. The van der Waals surface area contributed by atoms with Crippen LogP contribution in [-0.4, -0.2) is 30.2 Å². The Bertz CT molecular complexity index is 252. The summed E-state index contributed by atoms with van der Waals surface area (Å²) in [7, 11) is 0. The predicted octanol–water partition coefficient (Wildman–Crippen LogP) is 0.892. The van der Waals surface area contributed by atoms with E-state index in [2.05, 4.69) is 17.1 Å². The van der Waals surface area contributed by atoms with Gasteiger partial charge in [0, 0.05) is 12.6 Å². The zero-order valence-corrected chi connectivity index (χ0v) is 8.24. The predicted molar refractivity (Wildman–Crippen MR) is 51.2 cm³/mol. The molecule has 2 nitrogen and oxygen atoms in total. The third-order valence-electron chi connectivity index (χ3n) is 4.84. The fourth-order valence-electron chi connectivity index (χ4n) is 4.02. The molecule has 2 heteroatoms. The number of nitrogens with one attached hydrogen (secondary N) is 1. The summed E-state index contributed by atoms with van der Waals surface area (Å²) in [4.78, 5) is 2.69. The number of hydrogen-bond acceptors (Lipinski definition) is 2. The molecule has 0 aromatic carbocycles. The van der Waals surface area contributed by atoms with Crippen LogP contribution in [0.15, 0.2) is 0 Å². The van der Waals surface area contributed by atoms with Gasteiger partial charge in [-0.2, -0.15) is 0 Å². The van der Waals surface area contributed by atoms with Gasteiger partial charge in [0.2, 0.25) is 0 Å². The maximum Gasteiger partial charge on any atom is 0.0635 e. The van der Waals surface area contributed by atoms with Crippen molar-refractivity contribution in [3.05, 3.63) is 0 Å². The number of nitrogens with zero attached hydrogens (tertiary/aromatic N) is 1. The summed E-state index contributed by atoms with van der Waals surface area (Å²) in [5.74, 6) is 4.14. The summed E-state index contributed by atoms with van der Waals surface area (Å²) in [6.45, 7) is 5.17. The molecule has 4 aliphatic rings.